The zero-order valence-corrected chi connectivity index (χ0v) is 11.9. The van der Waals surface area contributed by atoms with Gasteiger partial charge in [0.15, 0.2) is 0 Å². The van der Waals surface area contributed by atoms with E-state index >= 15 is 0 Å². The molecule has 0 aliphatic heterocycles. The second kappa shape index (κ2) is 5.16. The summed E-state index contributed by atoms with van der Waals surface area (Å²) in [5, 5.41) is 18.9. The molecule has 7 heteroatoms. The number of rotatable bonds is 2. The van der Waals surface area contributed by atoms with Crippen molar-refractivity contribution >= 4 is 24.2 Å². The van der Waals surface area contributed by atoms with Crippen molar-refractivity contribution in [1.29, 1.82) is 0 Å². The SMILES string of the molecule is O=c1c(-c2ccc(O)cc2)c(P(=O)=O)oc2cc(O)ccc12. The third-order valence-corrected chi connectivity index (χ3v) is 3.83. The fourth-order valence-corrected chi connectivity index (χ4v) is 2.77. The Hall–Kier alpha value is -2.85. The summed E-state index contributed by atoms with van der Waals surface area (Å²) >= 11 is 0. The lowest BCUT2D eigenvalue weighted by atomic mass is 10.1. The molecule has 0 aliphatic rings. The van der Waals surface area contributed by atoms with Gasteiger partial charge in [-0.15, -0.1) is 0 Å². The Labute approximate surface area is 124 Å². The van der Waals surface area contributed by atoms with Crippen LogP contribution in [0.15, 0.2) is 51.7 Å². The minimum atomic E-state index is -3.16. The highest BCUT2D eigenvalue weighted by molar-refractivity contribution is 7.40. The number of aromatic hydroxyl groups is 2. The van der Waals surface area contributed by atoms with Crippen molar-refractivity contribution in [3.8, 4) is 22.6 Å². The predicted octanol–water partition coefficient (Wildman–Crippen LogP) is 2.67. The minimum absolute atomic E-state index is 0.00749. The Bertz CT molecular complexity index is 991. The van der Waals surface area contributed by atoms with Crippen LogP contribution in [0.5, 0.6) is 11.5 Å². The minimum Gasteiger partial charge on any atom is -0.508 e. The Morgan fingerprint density at radius 2 is 1.55 bits per heavy atom. The van der Waals surface area contributed by atoms with Crippen molar-refractivity contribution < 1.29 is 23.8 Å². The van der Waals surface area contributed by atoms with Gasteiger partial charge in [0.05, 0.1) is 10.9 Å². The van der Waals surface area contributed by atoms with Crippen molar-refractivity contribution in [2.75, 3.05) is 0 Å². The molecule has 0 radical (unpaired) electrons. The first-order valence-electron chi connectivity index (χ1n) is 6.21. The van der Waals surface area contributed by atoms with Gasteiger partial charge < -0.3 is 14.6 Å². The second-order valence-corrected chi connectivity index (χ2v) is 5.52. The third-order valence-electron chi connectivity index (χ3n) is 3.18. The first-order valence-corrected chi connectivity index (χ1v) is 7.39. The highest BCUT2D eigenvalue weighted by Gasteiger charge is 2.20. The van der Waals surface area contributed by atoms with E-state index in [-0.39, 0.29) is 28.0 Å². The van der Waals surface area contributed by atoms with E-state index in [4.69, 9.17) is 4.42 Å². The molecular formula is C15H9O6P. The molecule has 0 fully saturated rings. The zero-order chi connectivity index (χ0) is 15.9. The second-order valence-electron chi connectivity index (χ2n) is 4.60. The number of phenols is 2. The van der Waals surface area contributed by atoms with Gasteiger partial charge in [-0.3, -0.25) is 4.79 Å². The molecule has 0 saturated carbocycles. The monoisotopic (exact) mass is 316 g/mol. The van der Waals surface area contributed by atoms with E-state index in [1.54, 1.807) is 0 Å². The highest BCUT2D eigenvalue weighted by atomic mass is 31.1. The topological polar surface area (TPSA) is 105 Å². The van der Waals surface area contributed by atoms with E-state index in [0.29, 0.717) is 5.56 Å². The van der Waals surface area contributed by atoms with Crippen molar-refractivity contribution in [3.63, 3.8) is 0 Å². The van der Waals surface area contributed by atoms with Crippen LogP contribution in [0.2, 0.25) is 0 Å². The molecule has 3 aromatic rings. The van der Waals surface area contributed by atoms with Crippen molar-refractivity contribution in [2.24, 2.45) is 0 Å². The molecule has 1 heterocycles. The molecule has 22 heavy (non-hydrogen) atoms. The molecule has 0 spiro atoms. The van der Waals surface area contributed by atoms with Crippen LogP contribution in [-0.2, 0) is 9.13 Å². The number of hydrogen-bond acceptors (Lipinski definition) is 6. The average molecular weight is 316 g/mol. The number of hydrogen-bond donors (Lipinski definition) is 2. The maximum absolute atomic E-state index is 12.6. The third kappa shape index (κ3) is 2.29. The molecule has 3 rings (SSSR count). The van der Waals surface area contributed by atoms with Crippen LogP contribution in [0.4, 0.5) is 0 Å². The van der Waals surface area contributed by atoms with Crippen LogP contribution in [0, 0.1) is 0 Å². The number of benzene rings is 2. The molecule has 0 amide bonds. The van der Waals surface area contributed by atoms with E-state index in [9.17, 15) is 24.1 Å². The molecule has 110 valence electrons. The largest absolute Gasteiger partial charge is 0.508 e. The first kappa shape index (κ1) is 14.1. The van der Waals surface area contributed by atoms with Crippen molar-refractivity contribution in [2.45, 2.75) is 0 Å². The van der Waals surface area contributed by atoms with E-state index in [0.717, 1.165) is 0 Å². The summed E-state index contributed by atoms with van der Waals surface area (Å²) in [6, 6.07) is 9.40. The predicted molar refractivity (Wildman–Crippen MR) is 79.2 cm³/mol. The molecule has 2 aromatic carbocycles. The Balaban J connectivity index is 2.44. The molecule has 2 N–H and O–H groups in total. The molecule has 0 atom stereocenters. The van der Waals surface area contributed by atoms with E-state index in [1.165, 1.54) is 42.5 Å². The van der Waals surface area contributed by atoms with Crippen LogP contribution < -0.4 is 10.9 Å². The molecule has 0 unspecified atom stereocenters. The summed E-state index contributed by atoms with van der Waals surface area (Å²) in [6.45, 7) is 0. The molecule has 6 nitrogen and oxygen atoms in total. The summed E-state index contributed by atoms with van der Waals surface area (Å²) < 4.78 is 28.2. The lowest BCUT2D eigenvalue weighted by Crippen LogP contribution is -2.15. The van der Waals surface area contributed by atoms with Gasteiger partial charge >= 0.3 is 7.68 Å². The molecule has 0 saturated heterocycles. The lowest BCUT2D eigenvalue weighted by Gasteiger charge is -2.06. The summed E-state index contributed by atoms with van der Waals surface area (Å²) in [6.07, 6.45) is 0. The van der Waals surface area contributed by atoms with Crippen molar-refractivity contribution in [1.82, 2.24) is 0 Å². The summed E-state index contributed by atoms with van der Waals surface area (Å²) in [5.74, 6) is -0.146. The van der Waals surface area contributed by atoms with Crippen LogP contribution in [-0.4, -0.2) is 10.2 Å². The highest BCUT2D eigenvalue weighted by Crippen LogP contribution is 2.26. The lowest BCUT2D eigenvalue weighted by molar-refractivity contribution is 0.473. The summed E-state index contributed by atoms with van der Waals surface area (Å²) in [5.41, 5.74) is -0.809. The molecule has 0 bridgehead atoms. The fraction of sp³-hybridized carbons (Fsp3) is 0. The number of fused-ring (bicyclic) bond motifs is 1. The van der Waals surface area contributed by atoms with Crippen molar-refractivity contribution in [3.05, 3.63) is 52.7 Å². The Kier molecular flexibility index (Phi) is 3.31. The normalized spacial score (nSPS) is 10.7. The maximum Gasteiger partial charge on any atom is 0.385 e. The van der Waals surface area contributed by atoms with E-state index < -0.39 is 18.6 Å². The zero-order valence-electron chi connectivity index (χ0n) is 11.0. The molecule has 0 aliphatic carbocycles. The standard InChI is InChI=1S/C15H9O6P/c16-9-3-1-8(2-4-9)13-14(18)11-6-5-10(17)7-12(11)21-15(13)22(19)20/h1-7,16-17H. The van der Waals surface area contributed by atoms with E-state index in [1.807, 2.05) is 0 Å². The van der Waals surface area contributed by atoms with Crippen LogP contribution >= 0.6 is 7.68 Å². The van der Waals surface area contributed by atoms with Crippen LogP contribution in [0.3, 0.4) is 0 Å². The Morgan fingerprint density at radius 1 is 0.909 bits per heavy atom. The van der Waals surface area contributed by atoms with Crippen LogP contribution in [0.1, 0.15) is 0 Å². The van der Waals surface area contributed by atoms with E-state index in [2.05, 4.69) is 0 Å². The maximum atomic E-state index is 12.6. The van der Waals surface area contributed by atoms with Gasteiger partial charge in [0.25, 0.3) is 0 Å². The van der Waals surface area contributed by atoms with Gasteiger partial charge in [-0.2, -0.15) is 0 Å². The fourth-order valence-electron chi connectivity index (χ4n) is 2.18. The molecule has 1 aromatic heterocycles. The van der Waals surface area contributed by atoms with Gasteiger partial charge in [0.2, 0.25) is 10.9 Å². The van der Waals surface area contributed by atoms with Gasteiger partial charge in [-0.1, -0.05) is 12.1 Å². The van der Waals surface area contributed by atoms with Gasteiger partial charge in [-0.05, 0) is 29.8 Å². The van der Waals surface area contributed by atoms with Gasteiger partial charge in [0.1, 0.15) is 17.1 Å². The molecular weight excluding hydrogens is 307 g/mol. The van der Waals surface area contributed by atoms with Crippen LogP contribution in [0.25, 0.3) is 22.1 Å². The number of phenolic OH excluding ortho intramolecular Hbond substituents is 2. The summed E-state index contributed by atoms with van der Waals surface area (Å²) in [4.78, 5) is 12.6. The van der Waals surface area contributed by atoms with Gasteiger partial charge in [-0.25, -0.2) is 9.13 Å². The average Bonchev–Trinajstić information content (AvgIpc) is 2.48. The van der Waals surface area contributed by atoms with Gasteiger partial charge in [0, 0.05) is 6.07 Å². The Morgan fingerprint density at radius 3 is 2.18 bits per heavy atom. The quantitative estimate of drug-likeness (QED) is 0.704. The summed E-state index contributed by atoms with van der Waals surface area (Å²) in [7, 11) is -3.16. The first-order chi connectivity index (χ1) is 10.5. The smallest absolute Gasteiger partial charge is 0.385 e.